The Kier molecular flexibility index (Phi) is 2.31. The van der Waals surface area contributed by atoms with Gasteiger partial charge in [0.15, 0.2) is 0 Å². The lowest BCUT2D eigenvalue weighted by Crippen LogP contribution is -2.27. The van der Waals surface area contributed by atoms with Gasteiger partial charge in [0.1, 0.15) is 0 Å². The third-order valence-electron chi connectivity index (χ3n) is 3.67. The fourth-order valence-corrected chi connectivity index (χ4v) is 2.30. The van der Waals surface area contributed by atoms with Gasteiger partial charge in [0.25, 0.3) is 5.92 Å². The van der Waals surface area contributed by atoms with Gasteiger partial charge in [-0.1, -0.05) is 6.92 Å². The monoisotopic (exact) mass is 205 g/mol. The molecule has 0 amide bonds. The molecule has 4 heteroatoms. The van der Waals surface area contributed by atoms with Crippen LogP contribution in [0.1, 0.15) is 26.2 Å². The third-order valence-corrected chi connectivity index (χ3v) is 3.67. The average Bonchev–Trinajstić information content (AvgIpc) is 2.55. The first-order chi connectivity index (χ1) is 6.45. The van der Waals surface area contributed by atoms with Gasteiger partial charge in [0.05, 0.1) is 6.10 Å². The van der Waals surface area contributed by atoms with E-state index in [-0.39, 0.29) is 18.8 Å². The molecule has 0 spiro atoms. The van der Waals surface area contributed by atoms with Crippen LogP contribution in [-0.2, 0) is 0 Å². The van der Waals surface area contributed by atoms with E-state index in [1.165, 1.54) is 0 Å². The molecule has 2 N–H and O–H groups in total. The lowest BCUT2D eigenvalue weighted by molar-refractivity contribution is 0.0270. The first kappa shape index (κ1) is 10.3. The summed E-state index contributed by atoms with van der Waals surface area (Å²) in [5, 5.41) is 12.9. The van der Waals surface area contributed by atoms with Gasteiger partial charge in [-0.05, 0) is 25.3 Å². The molecule has 0 aromatic rings. The maximum Gasteiger partial charge on any atom is 0.254 e. The lowest BCUT2D eigenvalue weighted by Gasteiger charge is -2.20. The van der Waals surface area contributed by atoms with Crippen LogP contribution in [0.4, 0.5) is 8.78 Å². The molecule has 1 saturated heterocycles. The Morgan fingerprint density at radius 3 is 2.64 bits per heavy atom. The quantitative estimate of drug-likeness (QED) is 0.729. The van der Waals surface area contributed by atoms with E-state index in [9.17, 15) is 13.9 Å². The van der Waals surface area contributed by atoms with E-state index in [1.54, 1.807) is 6.92 Å². The Morgan fingerprint density at radius 2 is 2.21 bits per heavy atom. The van der Waals surface area contributed by atoms with Crippen LogP contribution in [0.2, 0.25) is 0 Å². The number of aliphatic hydroxyl groups is 1. The molecule has 2 fully saturated rings. The van der Waals surface area contributed by atoms with E-state index < -0.39 is 17.4 Å². The maximum absolute atomic E-state index is 12.9. The topological polar surface area (TPSA) is 32.3 Å². The van der Waals surface area contributed by atoms with Crippen LogP contribution in [0.15, 0.2) is 0 Å². The number of halogens is 2. The predicted octanol–water partition coefficient (Wildman–Crippen LogP) is 1.39. The smallest absolute Gasteiger partial charge is 0.254 e. The molecule has 0 bridgehead atoms. The van der Waals surface area contributed by atoms with Crippen molar-refractivity contribution in [2.24, 2.45) is 11.3 Å². The molecular formula is C10H17F2NO. The highest BCUT2D eigenvalue weighted by molar-refractivity contribution is 5.08. The van der Waals surface area contributed by atoms with Gasteiger partial charge in [-0.25, -0.2) is 8.78 Å². The molecule has 2 rings (SSSR count). The van der Waals surface area contributed by atoms with Crippen molar-refractivity contribution in [2.45, 2.75) is 38.2 Å². The minimum absolute atomic E-state index is 0.0583. The van der Waals surface area contributed by atoms with E-state index in [4.69, 9.17) is 0 Å². The second-order valence-electron chi connectivity index (χ2n) is 4.97. The van der Waals surface area contributed by atoms with Gasteiger partial charge in [0.2, 0.25) is 0 Å². The van der Waals surface area contributed by atoms with Crippen molar-refractivity contribution in [1.82, 2.24) is 5.32 Å². The molecule has 1 aliphatic heterocycles. The summed E-state index contributed by atoms with van der Waals surface area (Å²) in [5.41, 5.74) is -0.936. The van der Waals surface area contributed by atoms with Gasteiger partial charge >= 0.3 is 0 Å². The van der Waals surface area contributed by atoms with Crippen LogP contribution in [0.25, 0.3) is 0 Å². The van der Waals surface area contributed by atoms with E-state index in [1.807, 2.05) is 0 Å². The Balaban J connectivity index is 1.86. The van der Waals surface area contributed by atoms with Crippen LogP contribution >= 0.6 is 0 Å². The zero-order chi connectivity index (χ0) is 10.4. The molecule has 1 heterocycles. The van der Waals surface area contributed by atoms with Crippen LogP contribution in [0, 0.1) is 11.3 Å². The largest absolute Gasteiger partial charge is 0.393 e. The zero-order valence-corrected chi connectivity index (χ0v) is 8.39. The molecule has 14 heavy (non-hydrogen) atoms. The van der Waals surface area contributed by atoms with Crippen LogP contribution in [0.5, 0.6) is 0 Å². The molecule has 1 aliphatic carbocycles. The standard InChI is InChI=1S/C10H17F2NO/c1-9(6-10(9,11)12)4-8(14)7-2-3-13-5-7/h7-8,13-14H,2-6H2,1H3/t7-,8?,9?/m0/s1. The lowest BCUT2D eigenvalue weighted by atomic mass is 9.91. The first-order valence-electron chi connectivity index (χ1n) is 5.21. The van der Waals surface area contributed by atoms with Crippen molar-refractivity contribution in [1.29, 1.82) is 0 Å². The number of nitrogens with one attached hydrogen (secondary N) is 1. The highest BCUT2D eigenvalue weighted by Crippen LogP contribution is 2.63. The molecule has 1 saturated carbocycles. The summed E-state index contributed by atoms with van der Waals surface area (Å²) in [6.45, 7) is 3.23. The second-order valence-corrected chi connectivity index (χ2v) is 4.97. The van der Waals surface area contributed by atoms with Gasteiger partial charge in [-0.15, -0.1) is 0 Å². The highest BCUT2D eigenvalue weighted by Gasteiger charge is 2.68. The third kappa shape index (κ3) is 1.65. The van der Waals surface area contributed by atoms with Crippen LogP contribution in [0.3, 0.4) is 0 Å². The van der Waals surface area contributed by atoms with Crippen molar-refractivity contribution in [2.75, 3.05) is 13.1 Å². The summed E-state index contributed by atoms with van der Waals surface area (Å²) in [6.07, 6.45) is 0.523. The fourth-order valence-electron chi connectivity index (χ4n) is 2.30. The summed E-state index contributed by atoms with van der Waals surface area (Å²) in [4.78, 5) is 0. The minimum atomic E-state index is -2.54. The SMILES string of the molecule is CC1(CC(O)[C@H]2CCNC2)CC1(F)F. The van der Waals surface area contributed by atoms with E-state index in [2.05, 4.69) is 5.32 Å². The van der Waals surface area contributed by atoms with Crippen molar-refractivity contribution in [3.63, 3.8) is 0 Å². The normalized spacial score (nSPS) is 42.4. The molecule has 2 unspecified atom stereocenters. The number of hydrogen-bond donors (Lipinski definition) is 2. The van der Waals surface area contributed by atoms with Crippen LogP contribution in [-0.4, -0.2) is 30.2 Å². The molecular weight excluding hydrogens is 188 g/mol. The summed E-state index contributed by atoms with van der Waals surface area (Å²) < 4.78 is 25.8. The number of hydrogen-bond acceptors (Lipinski definition) is 2. The number of rotatable bonds is 3. The molecule has 0 aromatic carbocycles. The van der Waals surface area contributed by atoms with E-state index in [0.717, 1.165) is 19.5 Å². The van der Waals surface area contributed by atoms with Crippen molar-refractivity contribution in [3.05, 3.63) is 0 Å². The van der Waals surface area contributed by atoms with Crippen molar-refractivity contribution in [3.8, 4) is 0 Å². The molecule has 0 radical (unpaired) electrons. The second kappa shape index (κ2) is 3.14. The molecule has 0 aromatic heterocycles. The Labute approximate surface area is 82.7 Å². The predicted molar refractivity (Wildman–Crippen MR) is 49.3 cm³/mol. The molecule has 2 aliphatic rings. The molecule has 3 atom stereocenters. The minimum Gasteiger partial charge on any atom is -0.393 e. The van der Waals surface area contributed by atoms with Gasteiger partial charge in [0, 0.05) is 18.4 Å². The Hall–Kier alpha value is -0.220. The summed E-state index contributed by atoms with van der Waals surface area (Å²) in [5.74, 6) is -2.37. The Morgan fingerprint density at radius 1 is 1.57 bits per heavy atom. The van der Waals surface area contributed by atoms with Crippen molar-refractivity contribution >= 4 is 0 Å². The van der Waals surface area contributed by atoms with E-state index >= 15 is 0 Å². The number of aliphatic hydroxyl groups excluding tert-OH is 1. The highest BCUT2D eigenvalue weighted by atomic mass is 19.3. The summed E-state index contributed by atoms with van der Waals surface area (Å²) in [6, 6.07) is 0. The maximum atomic E-state index is 12.9. The number of alkyl halides is 2. The van der Waals surface area contributed by atoms with E-state index in [0.29, 0.717) is 0 Å². The first-order valence-corrected chi connectivity index (χ1v) is 5.21. The molecule has 82 valence electrons. The van der Waals surface area contributed by atoms with Gasteiger partial charge in [-0.2, -0.15) is 0 Å². The average molecular weight is 205 g/mol. The van der Waals surface area contributed by atoms with Crippen molar-refractivity contribution < 1.29 is 13.9 Å². The van der Waals surface area contributed by atoms with Gasteiger partial charge in [-0.3, -0.25) is 0 Å². The van der Waals surface area contributed by atoms with Gasteiger partial charge < -0.3 is 10.4 Å². The molecule has 2 nitrogen and oxygen atoms in total. The summed E-state index contributed by atoms with van der Waals surface area (Å²) in [7, 11) is 0. The fraction of sp³-hybridized carbons (Fsp3) is 1.00. The Bertz CT molecular complexity index is 228. The zero-order valence-electron chi connectivity index (χ0n) is 8.39. The summed E-state index contributed by atoms with van der Waals surface area (Å²) >= 11 is 0. The van der Waals surface area contributed by atoms with Crippen LogP contribution < -0.4 is 5.32 Å².